The summed E-state index contributed by atoms with van der Waals surface area (Å²) >= 11 is 0. The Kier molecular flexibility index (Phi) is 4.00. The molecule has 1 saturated heterocycles. The minimum Gasteiger partial charge on any atom is -0.316 e. The third-order valence-electron chi connectivity index (χ3n) is 3.77. The predicted molar refractivity (Wildman–Crippen MR) is 69.6 cm³/mol. The molecule has 0 bridgehead atoms. The normalized spacial score (nSPS) is 25.6. The molecule has 1 aliphatic heterocycles. The van der Waals surface area contributed by atoms with E-state index in [0.717, 1.165) is 0 Å². The molecule has 1 nitrogen and oxygen atoms in total. The van der Waals surface area contributed by atoms with Crippen LogP contribution in [0.5, 0.6) is 0 Å². The Balaban J connectivity index is 1.75. The summed E-state index contributed by atoms with van der Waals surface area (Å²) in [6, 6.07) is 10.8. The van der Waals surface area contributed by atoms with Crippen LogP contribution in [0, 0.1) is 5.41 Å². The smallest absolute Gasteiger partial charge is 0.000517 e. The zero-order valence-electron chi connectivity index (χ0n) is 10.3. The van der Waals surface area contributed by atoms with Gasteiger partial charge in [-0.15, -0.1) is 0 Å². The van der Waals surface area contributed by atoms with Crippen molar-refractivity contribution >= 4 is 0 Å². The van der Waals surface area contributed by atoms with Crippen molar-refractivity contribution in [3.05, 3.63) is 35.9 Å². The van der Waals surface area contributed by atoms with Crippen molar-refractivity contribution in [2.24, 2.45) is 5.41 Å². The van der Waals surface area contributed by atoms with Gasteiger partial charge < -0.3 is 5.32 Å². The largest absolute Gasteiger partial charge is 0.316 e. The van der Waals surface area contributed by atoms with Gasteiger partial charge in [-0.05, 0) is 49.6 Å². The average Bonchev–Trinajstić information content (AvgIpc) is 2.31. The Hall–Kier alpha value is -0.820. The Morgan fingerprint density at radius 3 is 2.75 bits per heavy atom. The number of benzene rings is 1. The average molecular weight is 217 g/mol. The van der Waals surface area contributed by atoms with Crippen molar-refractivity contribution in [1.82, 2.24) is 5.32 Å². The monoisotopic (exact) mass is 217 g/mol. The molecule has 0 saturated carbocycles. The number of nitrogens with one attached hydrogen (secondary N) is 1. The summed E-state index contributed by atoms with van der Waals surface area (Å²) in [5.74, 6) is 0. The van der Waals surface area contributed by atoms with E-state index in [2.05, 4.69) is 42.6 Å². The minimum atomic E-state index is 0.549. The number of aryl methyl sites for hydroxylation is 1. The molecule has 88 valence electrons. The maximum Gasteiger partial charge on any atom is 0.000517 e. The van der Waals surface area contributed by atoms with E-state index in [1.54, 1.807) is 0 Å². The third-order valence-corrected chi connectivity index (χ3v) is 3.77. The molecule has 1 aromatic carbocycles. The van der Waals surface area contributed by atoms with Gasteiger partial charge in [-0.3, -0.25) is 0 Å². The van der Waals surface area contributed by atoms with Gasteiger partial charge in [0.15, 0.2) is 0 Å². The van der Waals surface area contributed by atoms with E-state index in [1.807, 2.05) is 0 Å². The van der Waals surface area contributed by atoms with Gasteiger partial charge in [0.1, 0.15) is 0 Å². The van der Waals surface area contributed by atoms with Crippen LogP contribution in [0.3, 0.4) is 0 Å². The lowest BCUT2D eigenvalue weighted by molar-refractivity contribution is 0.213. The van der Waals surface area contributed by atoms with E-state index in [9.17, 15) is 0 Å². The summed E-state index contributed by atoms with van der Waals surface area (Å²) in [6.45, 7) is 4.86. The van der Waals surface area contributed by atoms with Crippen molar-refractivity contribution in [2.45, 2.75) is 39.0 Å². The van der Waals surface area contributed by atoms with E-state index >= 15 is 0 Å². The highest BCUT2D eigenvalue weighted by atomic mass is 14.9. The van der Waals surface area contributed by atoms with Crippen LogP contribution in [-0.4, -0.2) is 13.1 Å². The first-order chi connectivity index (χ1) is 7.79. The van der Waals surface area contributed by atoms with Crippen LogP contribution in [0.4, 0.5) is 0 Å². The molecule has 1 heteroatoms. The number of rotatable bonds is 4. The van der Waals surface area contributed by atoms with Crippen molar-refractivity contribution in [3.63, 3.8) is 0 Å². The van der Waals surface area contributed by atoms with Gasteiger partial charge in [0.25, 0.3) is 0 Å². The quantitative estimate of drug-likeness (QED) is 0.815. The highest BCUT2D eigenvalue weighted by Crippen LogP contribution is 2.31. The van der Waals surface area contributed by atoms with E-state index in [4.69, 9.17) is 0 Å². The molecule has 0 radical (unpaired) electrons. The molecule has 0 aromatic heterocycles. The summed E-state index contributed by atoms with van der Waals surface area (Å²) < 4.78 is 0. The number of hydrogen-bond acceptors (Lipinski definition) is 1. The third kappa shape index (κ3) is 3.34. The summed E-state index contributed by atoms with van der Waals surface area (Å²) in [6.07, 6.45) is 6.66. The fourth-order valence-electron chi connectivity index (χ4n) is 2.70. The molecule has 16 heavy (non-hydrogen) atoms. The van der Waals surface area contributed by atoms with Crippen molar-refractivity contribution in [3.8, 4) is 0 Å². The van der Waals surface area contributed by atoms with Gasteiger partial charge in [0, 0.05) is 6.54 Å². The van der Waals surface area contributed by atoms with Crippen LogP contribution >= 0.6 is 0 Å². The Labute approximate surface area is 99.3 Å². The van der Waals surface area contributed by atoms with E-state index < -0.39 is 0 Å². The first kappa shape index (κ1) is 11.7. The molecule has 1 atom stereocenters. The molecule has 1 unspecified atom stereocenters. The van der Waals surface area contributed by atoms with Gasteiger partial charge in [0.2, 0.25) is 0 Å². The van der Waals surface area contributed by atoms with Crippen LogP contribution in [0.1, 0.15) is 38.2 Å². The maximum atomic E-state index is 3.52. The lowest BCUT2D eigenvalue weighted by Crippen LogP contribution is -2.37. The van der Waals surface area contributed by atoms with Gasteiger partial charge in [0.05, 0.1) is 0 Å². The minimum absolute atomic E-state index is 0.549. The number of hydrogen-bond donors (Lipinski definition) is 1. The van der Waals surface area contributed by atoms with E-state index in [1.165, 1.54) is 50.8 Å². The van der Waals surface area contributed by atoms with Gasteiger partial charge >= 0.3 is 0 Å². The molecule has 1 N–H and O–H groups in total. The molecular formula is C15H23N. The molecule has 1 aromatic rings. The van der Waals surface area contributed by atoms with Crippen LogP contribution in [0.2, 0.25) is 0 Å². The molecule has 1 heterocycles. The Morgan fingerprint density at radius 2 is 2.06 bits per heavy atom. The second-order valence-corrected chi connectivity index (χ2v) is 5.43. The molecule has 0 amide bonds. The highest BCUT2D eigenvalue weighted by Gasteiger charge is 2.25. The second-order valence-electron chi connectivity index (χ2n) is 5.43. The Morgan fingerprint density at radius 1 is 1.25 bits per heavy atom. The summed E-state index contributed by atoms with van der Waals surface area (Å²) in [5.41, 5.74) is 2.03. The van der Waals surface area contributed by atoms with Crippen LogP contribution in [-0.2, 0) is 6.42 Å². The fourth-order valence-corrected chi connectivity index (χ4v) is 2.70. The van der Waals surface area contributed by atoms with Gasteiger partial charge in [-0.2, -0.15) is 0 Å². The second kappa shape index (κ2) is 5.49. The van der Waals surface area contributed by atoms with Crippen molar-refractivity contribution < 1.29 is 0 Å². The molecule has 1 aliphatic rings. The van der Waals surface area contributed by atoms with Crippen molar-refractivity contribution in [1.29, 1.82) is 0 Å². The van der Waals surface area contributed by atoms with Crippen LogP contribution in [0.15, 0.2) is 30.3 Å². The SMILES string of the molecule is CC1(CCCc2ccccc2)CCCNC1. The lowest BCUT2D eigenvalue weighted by Gasteiger charge is -2.34. The zero-order chi connectivity index (χ0) is 11.3. The predicted octanol–water partition coefficient (Wildman–Crippen LogP) is 3.40. The zero-order valence-corrected chi connectivity index (χ0v) is 10.3. The van der Waals surface area contributed by atoms with Crippen molar-refractivity contribution in [2.75, 3.05) is 13.1 Å². The topological polar surface area (TPSA) is 12.0 Å². The van der Waals surface area contributed by atoms with E-state index in [-0.39, 0.29) is 0 Å². The molecular weight excluding hydrogens is 194 g/mol. The standard InChI is InChI=1S/C15H23N/c1-15(11-6-12-16-13-15)10-5-9-14-7-3-2-4-8-14/h2-4,7-8,16H,5-6,9-13H2,1H3. The van der Waals surface area contributed by atoms with Gasteiger partial charge in [-0.1, -0.05) is 37.3 Å². The lowest BCUT2D eigenvalue weighted by atomic mass is 9.78. The molecule has 0 spiro atoms. The maximum absolute atomic E-state index is 3.52. The fraction of sp³-hybridized carbons (Fsp3) is 0.600. The first-order valence-electron chi connectivity index (χ1n) is 6.53. The first-order valence-corrected chi connectivity index (χ1v) is 6.53. The van der Waals surface area contributed by atoms with Crippen LogP contribution < -0.4 is 5.32 Å². The van der Waals surface area contributed by atoms with Crippen LogP contribution in [0.25, 0.3) is 0 Å². The molecule has 1 fully saturated rings. The highest BCUT2D eigenvalue weighted by molar-refractivity contribution is 5.14. The Bertz CT molecular complexity index is 298. The number of piperidine rings is 1. The van der Waals surface area contributed by atoms with Gasteiger partial charge in [-0.25, -0.2) is 0 Å². The molecule has 0 aliphatic carbocycles. The summed E-state index contributed by atoms with van der Waals surface area (Å²) in [5, 5.41) is 3.52. The molecule has 2 rings (SSSR count). The van der Waals surface area contributed by atoms with E-state index in [0.29, 0.717) is 5.41 Å². The summed E-state index contributed by atoms with van der Waals surface area (Å²) in [4.78, 5) is 0. The summed E-state index contributed by atoms with van der Waals surface area (Å²) in [7, 11) is 0.